The van der Waals surface area contributed by atoms with Crippen LogP contribution < -0.4 is 10.2 Å². The number of hydrogen-bond donors (Lipinski definition) is 1. The molecule has 1 amide bonds. The van der Waals surface area contributed by atoms with E-state index in [1.54, 1.807) is 0 Å². The SMILES string of the molecule is Cc1ccc2nc3c(n2c1)CC(C(=O)Nc1ccccc1N1CCOCC1)CC3. The quantitative estimate of drug-likeness (QED) is 0.746. The van der Waals surface area contributed by atoms with Crippen LogP contribution in [0, 0.1) is 12.8 Å². The minimum atomic E-state index is -0.0411. The summed E-state index contributed by atoms with van der Waals surface area (Å²) in [5, 5.41) is 3.21. The molecule has 150 valence electrons. The van der Waals surface area contributed by atoms with Gasteiger partial charge in [0.1, 0.15) is 5.65 Å². The van der Waals surface area contributed by atoms with Crippen molar-refractivity contribution in [2.24, 2.45) is 5.92 Å². The van der Waals surface area contributed by atoms with Crippen LogP contribution in [0.15, 0.2) is 42.6 Å². The summed E-state index contributed by atoms with van der Waals surface area (Å²) in [4.78, 5) is 20.2. The van der Waals surface area contributed by atoms with Gasteiger partial charge in [0, 0.05) is 37.3 Å². The molecule has 6 nitrogen and oxygen atoms in total. The van der Waals surface area contributed by atoms with Gasteiger partial charge in [-0.25, -0.2) is 4.98 Å². The molecule has 6 heteroatoms. The standard InChI is InChI=1S/C23H26N4O2/c1-16-6-9-22-24-19-8-7-17(14-21(19)27(22)15-16)23(28)25-18-4-2-3-5-20(18)26-10-12-29-13-11-26/h2-6,9,15,17H,7-8,10-14H2,1H3,(H,25,28). The number of pyridine rings is 1. The molecule has 29 heavy (non-hydrogen) atoms. The number of imidazole rings is 1. The molecule has 3 heterocycles. The third kappa shape index (κ3) is 3.49. The molecule has 3 aromatic rings. The maximum Gasteiger partial charge on any atom is 0.227 e. The summed E-state index contributed by atoms with van der Waals surface area (Å²) in [5.41, 5.74) is 6.44. The Kier molecular flexibility index (Phi) is 4.72. The zero-order valence-electron chi connectivity index (χ0n) is 16.7. The van der Waals surface area contributed by atoms with E-state index in [0.717, 1.165) is 68.3 Å². The molecule has 0 saturated carbocycles. The summed E-state index contributed by atoms with van der Waals surface area (Å²) in [6.45, 7) is 5.23. The second kappa shape index (κ2) is 7.52. The summed E-state index contributed by atoms with van der Waals surface area (Å²) >= 11 is 0. The maximum absolute atomic E-state index is 13.2. The number of rotatable bonds is 3. The van der Waals surface area contributed by atoms with E-state index in [2.05, 4.69) is 45.9 Å². The fourth-order valence-electron chi connectivity index (χ4n) is 4.43. The van der Waals surface area contributed by atoms with Gasteiger partial charge >= 0.3 is 0 Å². The van der Waals surface area contributed by atoms with Crippen LogP contribution >= 0.6 is 0 Å². The Labute approximate surface area is 170 Å². The van der Waals surface area contributed by atoms with Crippen molar-refractivity contribution in [3.05, 3.63) is 59.5 Å². The highest BCUT2D eigenvalue weighted by molar-refractivity contribution is 5.96. The topological polar surface area (TPSA) is 58.9 Å². The Balaban J connectivity index is 1.36. The van der Waals surface area contributed by atoms with Crippen LogP contribution in [0.2, 0.25) is 0 Å². The Hall–Kier alpha value is -2.86. The number of para-hydroxylation sites is 2. The van der Waals surface area contributed by atoms with E-state index in [1.807, 2.05) is 18.2 Å². The molecule has 1 N–H and O–H groups in total. The molecule has 1 unspecified atom stereocenters. The average molecular weight is 390 g/mol. The lowest BCUT2D eigenvalue weighted by Gasteiger charge is -2.31. The van der Waals surface area contributed by atoms with Crippen LogP contribution in [-0.2, 0) is 22.4 Å². The van der Waals surface area contributed by atoms with Crippen molar-refractivity contribution in [3.63, 3.8) is 0 Å². The molecule has 2 aliphatic rings. The van der Waals surface area contributed by atoms with E-state index >= 15 is 0 Å². The van der Waals surface area contributed by atoms with E-state index in [1.165, 1.54) is 11.3 Å². The van der Waals surface area contributed by atoms with Gasteiger partial charge in [0.05, 0.1) is 30.3 Å². The lowest BCUT2D eigenvalue weighted by Crippen LogP contribution is -2.37. The first-order valence-corrected chi connectivity index (χ1v) is 10.4. The van der Waals surface area contributed by atoms with Crippen molar-refractivity contribution in [3.8, 4) is 0 Å². The monoisotopic (exact) mass is 390 g/mol. The van der Waals surface area contributed by atoms with Crippen LogP contribution in [0.25, 0.3) is 5.65 Å². The number of morpholine rings is 1. The van der Waals surface area contributed by atoms with Crippen molar-refractivity contribution >= 4 is 22.9 Å². The number of aryl methyl sites for hydroxylation is 2. The van der Waals surface area contributed by atoms with Gasteiger partial charge in [0.25, 0.3) is 0 Å². The van der Waals surface area contributed by atoms with Gasteiger partial charge in [-0.2, -0.15) is 0 Å². The molecular weight excluding hydrogens is 364 g/mol. The number of aromatic nitrogens is 2. The molecule has 1 aliphatic carbocycles. The van der Waals surface area contributed by atoms with Gasteiger partial charge in [-0.1, -0.05) is 18.2 Å². The molecule has 1 atom stereocenters. The van der Waals surface area contributed by atoms with Crippen LogP contribution in [0.4, 0.5) is 11.4 Å². The van der Waals surface area contributed by atoms with E-state index in [4.69, 9.17) is 9.72 Å². The van der Waals surface area contributed by atoms with Crippen LogP contribution in [0.1, 0.15) is 23.4 Å². The maximum atomic E-state index is 13.2. The minimum absolute atomic E-state index is 0.0411. The number of amides is 1. The first-order valence-electron chi connectivity index (χ1n) is 10.4. The second-order valence-corrected chi connectivity index (χ2v) is 7.99. The molecule has 0 radical (unpaired) electrons. The number of nitrogens with zero attached hydrogens (tertiary/aromatic N) is 3. The van der Waals surface area contributed by atoms with Crippen molar-refractivity contribution in [2.45, 2.75) is 26.2 Å². The summed E-state index contributed by atoms with van der Waals surface area (Å²) in [6, 6.07) is 12.2. The van der Waals surface area contributed by atoms with Gasteiger partial charge in [-0.3, -0.25) is 4.79 Å². The zero-order chi connectivity index (χ0) is 19.8. The predicted octanol–water partition coefficient (Wildman–Crippen LogP) is 3.22. The molecule has 1 aromatic carbocycles. The normalized spacial score (nSPS) is 19.2. The fraction of sp³-hybridized carbons (Fsp3) is 0.391. The average Bonchev–Trinajstić information content (AvgIpc) is 3.12. The number of carbonyl (C=O) groups is 1. The smallest absolute Gasteiger partial charge is 0.227 e. The Morgan fingerprint density at radius 2 is 2.00 bits per heavy atom. The number of carbonyl (C=O) groups excluding carboxylic acids is 1. The van der Waals surface area contributed by atoms with Crippen molar-refractivity contribution in [2.75, 3.05) is 36.5 Å². The van der Waals surface area contributed by atoms with Gasteiger partial charge < -0.3 is 19.4 Å². The Bertz CT molecular complexity index is 1050. The minimum Gasteiger partial charge on any atom is -0.378 e. The zero-order valence-corrected chi connectivity index (χ0v) is 16.7. The lowest BCUT2D eigenvalue weighted by atomic mass is 9.89. The number of benzene rings is 1. The number of ether oxygens (including phenoxy) is 1. The Morgan fingerprint density at radius 1 is 1.17 bits per heavy atom. The van der Waals surface area contributed by atoms with Gasteiger partial charge in [0.2, 0.25) is 5.91 Å². The highest BCUT2D eigenvalue weighted by atomic mass is 16.5. The summed E-state index contributed by atoms with van der Waals surface area (Å²) in [5.74, 6) is 0.0552. The number of hydrogen-bond acceptors (Lipinski definition) is 4. The summed E-state index contributed by atoms with van der Waals surface area (Å²) < 4.78 is 7.63. The van der Waals surface area contributed by atoms with Crippen LogP contribution in [0.5, 0.6) is 0 Å². The number of anilines is 2. The van der Waals surface area contributed by atoms with Crippen LogP contribution in [-0.4, -0.2) is 41.6 Å². The summed E-state index contributed by atoms with van der Waals surface area (Å²) in [6.07, 6.45) is 4.53. The van der Waals surface area contributed by atoms with Crippen molar-refractivity contribution in [1.29, 1.82) is 0 Å². The molecule has 5 rings (SSSR count). The van der Waals surface area contributed by atoms with Gasteiger partial charge in [-0.15, -0.1) is 0 Å². The largest absolute Gasteiger partial charge is 0.378 e. The first kappa shape index (κ1) is 18.2. The van der Waals surface area contributed by atoms with E-state index < -0.39 is 0 Å². The van der Waals surface area contributed by atoms with E-state index in [-0.39, 0.29) is 11.8 Å². The molecule has 1 fully saturated rings. The van der Waals surface area contributed by atoms with Crippen molar-refractivity contribution < 1.29 is 9.53 Å². The molecule has 0 bridgehead atoms. The highest BCUT2D eigenvalue weighted by Gasteiger charge is 2.29. The van der Waals surface area contributed by atoms with Gasteiger partial charge in [0.15, 0.2) is 0 Å². The number of nitrogens with one attached hydrogen (secondary N) is 1. The molecular formula is C23H26N4O2. The van der Waals surface area contributed by atoms with Gasteiger partial charge in [-0.05, 0) is 43.5 Å². The molecule has 1 saturated heterocycles. The summed E-state index contributed by atoms with van der Waals surface area (Å²) in [7, 11) is 0. The second-order valence-electron chi connectivity index (χ2n) is 7.99. The molecule has 0 spiro atoms. The van der Waals surface area contributed by atoms with Crippen molar-refractivity contribution in [1.82, 2.24) is 9.38 Å². The predicted molar refractivity (Wildman–Crippen MR) is 114 cm³/mol. The third-order valence-corrected chi connectivity index (χ3v) is 6.00. The van der Waals surface area contributed by atoms with E-state index in [9.17, 15) is 4.79 Å². The number of fused-ring (bicyclic) bond motifs is 3. The van der Waals surface area contributed by atoms with E-state index in [0.29, 0.717) is 0 Å². The molecule has 1 aliphatic heterocycles. The lowest BCUT2D eigenvalue weighted by molar-refractivity contribution is -0.120. The Morgan fingerprint density at radius 3 is 2.86 bits per heavy atom. The third-order valence-electron chi connectivity index (χ3n) is 6.00. The van der Waals surface area contributed by atoms with Crippen LogP contribution in [0.3, 0.4) is 0 Å². The highest BCUT2D eigenvalue weighted by Crippen LogP contribution is 2.30. The fourth-order valence-corrected chi connectivity index (χ4v) is 4.43. The first-order chi connectivity index (χ1) is 14.2. The molecule has 2 aromatic heterocycles.